The lowest BCUT2D eigenvalue weighted by Gasteiger charge is -2.08. The van der Waals surface area contributed by atoms with Crippen LogP contribution < -0.4 is 4.72 Å². The molecule has 1 N–H and O–H groups in total. The molecule has 1 saturated carbocycles. The molecule has 1 fully saturated rings. The van der Waals surface area contributed by atoms with Gasteiger partial charge in [0.05, 0.1) is 20.5 Å². The van der Waals surface area contributed by atoms with Gasteiger partial charge < -0.3 is 4.74 Å². The number of ether oxygens (including phenoxy) is 1. The minimum absolute atomic E-state index is 0.0281. The molecule has 0 heterocycles. The number of esters is 1. The van der Waals surface area contributed by atoms with Crippen LogP contribution in [0.3, 0.4) is 0 Å². The van der Waals surface area contributed by atoms with Gasteiger partial charge in [-0.1, -0.05) is 29.3 Å². The monoisotopic (exact) mass is 427 g/mol. The van der Waals surface area contributed by atoms with Crippen molar-refractivity contribution in [3.05, 3.63) is 63.6 Å². The number of ketones is 1. The first-order chi connectivity index (χ1) is 12.8. The fraction of sp³-hybridized carbons (Fsp3) is 0.222. The quantitative estimate of drug-likeness (QED) is 0.539. The third kappa shape index (κ3) is 5.07. The minimum atomic E-state index is -3.69. The van der Waals surface area contributed by atoms with Crippen molar-refractivity contribution in [3.63, 3.8) is 0 Å². The van der Waals surface area contributed by atoms with E-state index >= 15 is 0 Å². The Morgan fingerprint density at radius 1 is 1.04 bits per heavy atom. The van der Waals surface area contributed by atoms with Crippen molar-refractivity contribution in [3.8, 4) is 0 Å². The molecule has 9 heteroatoms. The summed E-state index contributed by atoms with van der Waals surface area (Å²) in [6.45, 7) is -0.506. The molecule has 3 rings (SSSR count). The Morgan fingerprint density at radius 3 is 2.44 bits per heavy atom. The molecule has 0 spiro atoms. The smallest absolute Gasteiger partial charge is 0.338 e. The standard InChI is InChI=1S/C18H15Cl2NO5S/c19-15-7-4-11(9-16(15)20)17(22)10-26-18(23)12-2-1-3-14(8-12)27(24,25)21-13-5-6-13/h1-4,7-9,13,21H,5-6,10H2. The van der Waals surface area contributed by atoms with Crippen molar-refractivity contribution in [2.24, 2.45) is 0 Å². The number of carbonyl (C=O) groups is 2. The molecular formula is C18H15Cl2NO5S. The van der Waals surface area contributed by atoms with Crippen LogP contribution in [0.15, 0.2) is 47.4 Å². The third-order valence-electron chi connectivity index (χ3n) is 3.86. The maximum absolute atomic E-state index is 12.2. The Bertz CT molecular complexity index is 1000. The number of hydrogen-bond donors (Lipinski definition) is 1. The van der Waals surface area contributed by atoms with E-state index in [-0.39, 0.29) is 27.1 Å². The van der Waals surface area contributed by atoms with E-state index in [1.165, 1.54) is 42.5 Å². The number of rotatable bonds is 7. The van der Waals surface area contributed by atoms with Gasteiger partial charge in [-0.05, 0) is 49.2 Å². The lowest BCUT2D eigenvalue weighted by atomic mass is 10.1. The van der Waals surface area contributed by atoms with Gasteiger partial charge in [0.2, 0.25) is 10.0 Å². The molecule has 6 nitrogen and oxygen atoms in total. The minimum Gasteiger partial charge on any atom is -0.454 e. The highest BCUT2D eigenvalue weighted by Crippen LogP contribution is 2.24. The third-order valence-corrected chi connectivity index (χ3v) is 6.11. The molecule has 2 aromatic carbocycles. The Balaban J connectivity index is 1.66. The molecule has 0 amide bonds. The van der Waals surface area contributed by atoms with E-state index in [1.807, 2.05) is 0 Å². The van der Waals surface area contributed by atoms with Gasteiger partial charge in [-0.25, -0.2) is 17.9 Å². The zero-order valence-corrected chi connectivity index (χ0v) is 16.3. The summed E-state index contributed by atoms with van der Waals surface area (Å²) in [7, 11) is -3.69. The molecule has 2 aromatic rings. The summed E-state index contributed by atoms with van der Waals surface area (Å²) in [4.78, 5) is 24.3. The largest absolute Gasteiger partial charge is 0.454 e. The lowest BCUT2D eigenvalue weighted by molar-refractivity contribution is 0.0474. The summed E-state index contributed by atoms with van der Waals surface area (Å²) in [6, 6.07) is 9.76. The van der Waals surface area contributed by atoms with Gasteiger partial charge in [-0.2, -0.15) is 0 Å². The van der Waals surface area contributed by atoms with E-state index < -0.39 is 28.4 Å². The second-order valence-electron chi connectivity index (χ2n) is 6.05. The molecular weight excluding hydrogens is 413 g/mol. The highest BCUT2D eigenvalue weighted by atomic mass is 35.5. The van der Waals surface area contributed by atoms with Crippen LogP contribution >= 0.6 is 23.2 Å². The first kappa shape index (κ1) is 19.8. The van der Waals surface area contributed by atoms with Crippen molar-refractivity contribution < 1.29 is 22.7 Å². The molecule has 0 aromatic heterocycles. The number of nitrogens with one attached hydrogen (secondary N) is 1. The second kappa shape index (κ2) is 7.98. The summed E-state index contributed by atoms with van der Waals surface area (Å²) in [5.74, 6) is -1.26. The number of Topliss-reactive ketones (excluding diaryl/α,β-unsaturated/α-hetero) is 1. The van der Waals surface area contributed by atoms with Gasteiger partial charge in [-0.3, -0.25) is 4.79 Å². The summed E-state index contributed by atoms with van der Waals surface area (Å²) in [5, 5.41) is 0.526. The van der Waals surface area contributed by atoms with Gasteiger partial charge in [0.15, 0.2) is 12.4 Å². The summed E-state index contributed by atoms with van der Waals surface area (Å²) >= 11 is 11.7. The van der Waals surface area contributed by atoms with Crippen LogP contribution in [-0.4, -0.2) is 32.8 Å². The number of hydrogen-bond acceptors (Lipinski definition) is 5. The van der Waals surface area contributed by atoms with Crippen LogP contribution in [0.4, 0.5) is 0 Å². The molecule has 0 saturated heterocycles. The summed E-state index contributed by atoms with van der Waals surface area (Å²) in [5.41, 5.74) is 0.290. The van der Waals surface area contributed by atoms with E-state index in [0.717, 1.165) is 12.8 Å². The van der Waals surface area contributed by atoms with Gasteiger partial charge in [0.1, 0.15) is 0 Å². The van der Waals surface area contributed by atoms with Crippen molar-refractivity contribution >= 4 is 45.0 Å². The van der Waals surface area contributed by atoms with Gasteiger partial charge in [-0.15, -0.1) is 0 Å². The molecule has 1 aliphatic rings. The fourth-order valence-electron chi connectivity index (χ4n) is 2.25. The van der Waals surface area contributed by atoms with Crippen LogP contribution in [-0.2, 0) is 14.8 Å². The second-order valence-corrected chi connectivity index (χ2v) is 8.58. The predicted molar refractivity (Wildman–Crippen MR) is 101 cm³/mol. The number of benzene rings is 2. The van der Waals surface area contributed by atoms with Crippen LogP contribution in [0.25, 0.3) is 0 Å². The zero-order valence-electron chi connectivity index (χ0n) is 13.9. The highest BCUT2D eigenvalue weighted by Gasteiger charge is 2.28. The van der Waals surface area contributed by atoms with Crippen molar-refractivity contribution in [1.29, 1.82) is 0 Å². The van der Waals surface area contributed by atoms with E-state index in [0.29, 0.717) is 5.02 Å². The van der Waals surface area contributed by atoms with E-state index in [2.05, 4.69) is 4.72 Å². The van der Waals surface area contributed by atoms with Crippen LogP contribution in [0.1, 0.15) is 33.6 Å². The zero-order chi connectivity index (χ0) is 19.6. The van der Waals surface area contributed by atoms with Crippen molar-refractivity contribution in [2.45, 2.75) is 23.8 Å². The number of halogens is 2. The molecule has 142 valence electrons. The molecule has 0 atom stereocenters. The summed E-state index contributed by atoms with van der Waals surface area (Å²) < 4.78 is 32.0. The maximum Gasteiger partial charge on any atom is 0.338 e. The van der Waals surface area contributed by atoms with Gasteiger partial charge >= 0.3 is 5.97 Å². The molecule has 0 aliphatic heterocycles. The van der Waals surface area contributed by atoms with Gasteiger partial charge in [0.25, 0.3) is 0 Å². The Labute approximate surface area is 166 Å². The fourth-order valence-corrected chi connectivity index (χ4v) is 3.89. The molecule has 0 unspecified atom stereocenters. The van der Waals surface area contributed by atoms with Crippen LogP contribution in [0.5, 0.6) is 0 Å². The van der Waals surface area contributed by atoms with Gasteiger partial charge in [0, 0.05) is 11.6 Å². The average Bonchev–Trinajstić information content (AvgIpc) is 3.45. The Kier molecular flexibility index (Phi) is 5.86. The first-order valence-electron chi connectivity index (χ1n) is 8.04. The summed E-state index contributed by atoms with van der Waals surface area (Å²) in [6.07, 6.45) is 1.61. The number of carbonyl (C=O) groups excluding carboxylic acids is 2. The van der Waals surface area contributed by atoms with E-state index in [1.54, 1.807) is 0 Å². The SMILES string of the molecule is O=C(COC(=O)c1cccc(S(=O)(=O)NC2CC2)c1)c1ccc(Cl)c(Cl)c1. The van der Waals surface area contributed by atoms with Crippen LogP contribution in [0.2, 0.25) is 10.0 Å². The lowest BCUT2D eigenvalue weighted by Crippen LogP contribution is -2.26. The van der Waals surface area contributed by atoms with E-state index in [4.69, 9.17) is 27.9 Å². The van der Waals surface area contributed by atoms with E-state index in [9.17, 15) is 18.0 Å². The highest BCUT2D eigenvalue weighted by molar-refractivity contribution is 7.89. The first-order valence-corrected chi connectivity index (χ1v) is 10.3. The normalized spacial score (nSPS) is 14.0. The molecule has 1 aliphatic carbocycles. The van der Waals surface area contributed by atoms with Crippen molar-refractivity contribution in [1.82, 2.24) is 4.72 Å². The predicted octanol–water partition coefficient (Wildman–Crippen LogP) is 3.47. The maximum atomic E-state index is 12.2. The Hall–Kier alpha value is -1.93. The topological polar surface area (TPSA) is 89.5 Å². The molecule has 0 radical (unpaired) electrons. The average molecular weight is 428 g/mol. The Morgan fingerprint density at radius 2 is 1.78 bits per heavy atom. The number of sulfonamides is 1. The van der Waals surface area contributed by atoms with Crippen LogP contribution in [0, 0.1) is 0 Å². The van der Waals surface area contributed by atoms with Crippen molar-refractivity contribution in [2.75, 3.05) is 6.61 Å². The molecule has 27 heavy (non-hydrogen) atoms. The molecule has 0 bridgehead atoms.